The van der Waals surface area contributed by atoms with Crippen molar-refractivity contribution in [2.75, 3.05) is 19.8 Å². The van der Waals surface area contributed by atoms with Gasteiger partial charge in [0.15, 0.2) is 0 Å². The fourth-order valence-corrected chi connectivity index (χ4v) is 1.49. The highest BCUT2D eigenvalue weighted by Gasteiger charge is 2.05. The van der Waals surface area contributed by atoms with E-state index in [2.05, 4.69) is 6.92 Å². The number of hydrogen-bond donors (Lipinski definition) is 1. The molecule has 0 fully saturated rings. The molecule has 0 radical (unpaired) electrons. The van der Waals surface area contributed by atoms with Gasteiger partial charge in [-0.2, -0.15) is 0 Å². The minimum Gasteiger partial charge on any atom is -0.466 e. The molecule has 0 bridgehead atoms. The van der Waals surface area contributed by atoms with E-state index in [1.165, 1.54) is 0 Å². The van der Waals surface area contributed by atoms with E-state index >= 15 is 0 Å². The Morgan fingerprint density at radius 3 is 2.59 bits per heavy atom. The molecular weight excluding hydrogens is 220 g/mol. The Morgan fingerprint density at radius 2 is 1.94 bits per heavy atom. The topological polar surface area (TPSA) is 55.8 Å². The van der Waals surface area contributed by atoms with Gasteiger partial charge < -0.3 is 14.6 Å². The molecule has 4 nitrogen and oxygen atoms in total. The van der Waals surface area contributed by atoms with Crippen LogP contribution < -0.4 is 0 Å². The number of ether oxygens (including phenoxy) is 2. The number of esters is 1. The Kier molecular flexibility index (Phi) is 11.4. The lowest BCUT2D eigenvalue weighted by atomic mass is 10.1. The number of aliphatic hydroxyl groups is 1. The summed E-state index contributed by atoms with van der Waals surface area (Å²) in [4.78, 5) is 11.0. The van der Waals surface area contributed by atoms with Gasteiger partial charge in [0.05, 0.1) is 12.7 Å². The van der Waals surface area contributed by atoms with Gasteiger partial charge in [-0.1, -0.05) is 13.3 Å². The maximum absolute atomic E-state index is 11.0. The van der Waals surface area contributed by atoms with Crippen molar-refractivity contribution in [2.24, 2.45) is 0 Å². The monoisotopic (exact) mass is 246 g/mol. The van der Waals surface area contributed by atoms with Crippen LogP contribution >= 0.6 is 0 Å². The van der Waals surface area contributed by atoms with Crippen LogP contribution in [0.25, 0.3) is 0 Å². The SMILES string of the molecule is CCCOCC[C@@H](O)CCCCC(=O)OCC. The highest BCUT2D eigenvalue weighted by atomic mass is 16.5. The standard InChI is InChI=1S/C13H26O4/c1-3-10-16-11-9-12(14)7-5-6-8-13(15)17-4-2/h12,14H,3-11H2,1-2H3/t12-/m0/s1. The van der Waals surface area contributed by atoms with E-state index in [4.69, 9.17) is 9.47 Å². The largest absolute Gasteiger partial charge is 0.466 e. The lowest BCUT2D eigenvalue weighted by molar-refractivity contribution is -0.143. The molecule has 0 aromatic rings. The zero-order valence-corrected chi connectivity index (χ0v) is 11.1. The van der Waals surface area contributed by atoms with Crippen molar-refractivity contribution < 1.29 is 19.4 Å². The number of unbranched alkanes of at least 4 members (excludes halogenated alkanes) is 1. The van der Waals surface area contributed by atoms with Crippen LogP contribution in [-0.4, -0.2) is 37.0 Å². The van der Waals surface area contributed by atoms with Crippen LogP contribution in [0.1, 0.15) is 52.4 Å². The molecule has 0 unspecified atom stereocenters. The Labute approximate surface area is 104 Å². The fraction of sp³-hybridized carbons (Fsp3) is 0.923. The van der Waals surface area contributed by atoms with E-state index in [1.54, 1.807) is 6.92 Å². The summed E-state index contributed by atoms with van der Waals surface area (Å²) in [5.74, 6) is -0.145. The van der Waals surface area contributed by atoms with Crippen LogP contribution in [0.2, 0.25) is 0 Å². The molecule has 0 spiro atoms. The first kappa shape index (κ1) is 16.4. The lowest BCUT2D eigenvalue weighted by Gasteiger charge is -2.10. The summed E-state index contributed by atoms with van der Waals surface area (Å²) in [5.41, 5.74) is 0. The number of hydrogen-bond acceptors (Lipinski definition) is 4. The summed E-state index contributed by atoms with van der Waals surface area (Å²) in [6.07, 6.45) is 4.20. The predicted octanol–water partition coefficient (Wildman–Crippen LogP) is 2.29. The average molecular weight is 246 g/mol. The quantitative estimate of drug-likeness (QED) is 0.449. The molecule has 0 saturated heterocycles. The smallest absolute Gasteiger partial charge is 0.305 e. The highest BCUT2D eigenvalue weighted by Crippen LogP contribution is 2.07. The molecule has 0 amide bonds. The second-order valence-corrected chi connectivity index (χ2v) is 4.11. The van der Waals surface area contributed by atoms with Crippen molar-refractivity contribution in [3.8, 4) is 0 Å². The molecule has 0 aromatic heterocycles. The predicted molar refractivity (Wildman–Crippen MR) is 66.8 cm³/mol. The number of aliphatic hydroxyl groups excluding tert-OH is 1. The first-order valence-corrected chi connectivity index (χ1v) is 6.62. The third-order valence-electron chi connectivity index (χ3n) is 2.42. The first-order chi connectivity index (χ1) is 8.20. The third kappa shape index (κ3) is 11.6. The van der Waals surface area contributed by atoms with E-state index in [1.807, 2.05) is 0 Å². The van der Waals surface area contributed by atoms with Crippen molar-refractivity contribution in [2.45, 2.75) is 58.5 Å². The normalized spacial score (nSPS) is 12.4. The third-order valence-corrected chi connectivity index (χ3v) is 2.42. The van der Waals surface area contributed by atoms with Crippen LogP contribution in [0.4, 0.5) is 0 Å². The van der Waals surface area contributed by atoms with Crippen LogP contribution in [0, 0.1) is 0 Å². The molecule has 17 heavy (non-hydrogen) atoms. The van der Waals surface area contributed by atoms with Gasteiger partial charge in [-0.3, -0.25) is 4.79 Å². The van der Waals surface area contributed by atoms with Gasteiger partial charge in [-0.15, -0.1) is 0 Å². The van der Waals surface area contributed by atoms with Gasteiger partial charge in [-0.05, 0) is 32.6 Å². The fourth-order valence-electron chi connectivity index (χ4n) is 1.49. The number of rotatable bonds is 11. The Hall–Kier alpha value is -0.610. The van der Waals surface area contributed by atoms with Crippen LogP contribution in [0.15, 0.2) is 0 Å². The maximum atomic E-state index is 11.0. The lowest BCUT2D eigenvalue weighted by Crippen LogP contribution is -2.11. The summed E-state index contributed by atoms with van der Waals surface area (Å²) in [5, 5.41) is 9.62. The Bertz CT molecular complexity index is 182. The van der Waals surface area contributed by atoms with E-state index in [0.717, 1.165) is 32.3 Å². The van der Waals surface area contributed by atoms with Gasteiger partial charge in [-0.25, -0.2) is 0 Å². The first-order valence-electron chi connectivity index (χ1n) is 6.62. The van der Waals surface area contributed by atoms with Gasteiger partial charge in [0, 0.05) is 19.6 Å². The van der Waals surface area contributed by atoms with Crippen molar-refractivity contribution in [3.05, 3.63) is 0 Å². The molecule has 1 N–H and O–H groups in total. The van der Waals surface area contributed by atoms with E-state index < -0.39 is 0 Å². The average Bonchev–Trinajstić information content (AvgIpc) is 2.31. The molecule has 1 atom stereocenters. The molecule has 102 valence electrons. The molecule has 0 aliphatic heterocycles. The second kappa shape index (κ2) is 11.9. The summed E-state index contributed by atoms with van der Waals surface area (Å²) < 4.78 is 10.1. The Morgan fingerprint density at radius 1 is 1.18 bits per heavy atom. The van der Waals surface area contributed by atoms with E-state index in [0.29, 0.717) is 26.1 Å². The van der Waals surface area contributed by atoms with Crippen LogP contribution in [-0.2, 0) is 14.3 Å². The number of carbonyl (C=O) groups excluding carboxylic acids is 1. The van der Waals surface area contributed by atoms with Crippen molar-refractivity contribution >= 4 is 5.97 Å². The molecule has 0 rings (SSSR count). The molecule has 0 aromatic carbocycles. The van der Waals surface area contributed by atoms with E-state index in [9.17, 15) is 9.90 Å². The number of carbonyl (C=O) groups is 1. The summed E-state index contributed by atoms with van der Waals surface area (Å²) >= 11 is 0. The molecule has 4 heteroatoms. The highest BCUT2D eigenvalue weighted by molar-refractivity contribution is 5.69. The molecule has 0 saturated carbocycles. The second-order valence-electron chi connectivity index (χ2n) is 4.11. The maximum Gasteiger partial charge on any atom is 0.305 e. The van der Waals surface area contributed by atoms with Crippen molar-refractivity contribution in [3.63, 3.8) is 0 Å². The zero-order chi connectivity index (χ0) is 12.9. The minimum atomic E-state index is -0.311. The van der Waals surface area contributed by atoms with E-state index in [-0.39, 0.29) is 12.1 Å². The minimum absolute atomic E-state index is 0.145. The Balaban J connectivity index is 3.26. The summed E-state index contributed by atoms with van der Waals surface area (Å²) in [6, 6.07) is 0. The van der Waals surface area contributed by atoms with Gasteiger partial charge in [0.25, 0.3) is 0 Å². The summed E-state index contributed by atoms with van der Waals surface area (Å²) in [6.45, 7) is 5.68. The summed E-state index contributed by atoms with van der Waals surface area (Å²) in [7, 11) is 0. The van der Waals surface area contributed by atoms with Crippen LogP contribution in [0.3, 0.4) is 0 Å². The molecule has 0 heterocycles. The van der Waals surface area contributed by atoms with Crippen molar-refractivity contribution in [1.29, 1.82) is 0 Å². The van der Waals surface area contributed by atoms with Crippen LogP contribution in [0.5, 0.6) is 0 Å². The zero-order valence-electron chi connectivity index (χ0n) is 11.1. The van der Waals surface area contributed by atoms with Gasteiger partial charge in [0.1, 0.15) is 0 Å². The van der Waals surface area contributed by atoms with Gasteiger partial charge in [0.2, 0.25) is 0 Å². The van der Waals surface area contributed by atoms with Gasteiger partial charge >= 0.3 is 5.97 Å². The molecular formula is C13H26O4. The molecule has 0 aliphatic carbocycles. The van der Waals surface area contributed by atoms with Crippen molar-refractivity contribution in [1.82, 2.24) is 0 Å². The molecule has 0 aliphatic rings.